The minimum atomic E-state index is 0.129. The Morgan fingerprint density at radius 2 is 1.74 bits per heavy atom. The first kappa shape index (κ1) is 17.9. The van der Waals surface area contributed by atoms with Crippen LogP contribution in [-0.2, 0) is 4.74 Å². The van der Waals surface area contributed by atoms with Gasteiger partial charge in [0.15, 0.2) is 11.5 Å². The molecular formula is C22H26N2O3. The van der Waals surface area contributed by atoms with Crippen molar-refractivity contribution in [1.82, 2.24) is 9.88 Å². The Hall–Kier alpha value is -2.50. The highest BCUT2D eigenvalue weighted by Gasteiger charge is 2.29. The first-order valence-corrected chi connectivity index (χ1v) is 9.34. The van der Waals surface area contributed by atoms with Gasteiger partial charge in [0.25, 0.3) is 0 Å². The summed E-state index contributed by atoms with van der Waals surface area (Å²) in [5, 5.41) is 1.27. The Bertz CT molecular complexity index is 928. The summed E-state index contributed by atoms with van der Waals surface area (Å²) >= 11 is 0. The molecule has 0 amide bonds. The fourth-order valence-corrected chi connectivity index (χ4v) is 4.07. The summed E-state index contributed by atoms with van der Waals surface area (Å²) in [5.74, 6) is 1.50. The quantitative estimate of drug-likeness (QED) is 0.744. The molecule has 4 rings (SSSR count). The average Bonchev–Trinajstić information content (AvgIpc) is 3.05. The van der Waals surface area contributed by atoms with Gasteiger partial charge in [-0.25, -0.2) is 0 Å². The van der Waals surface area contributed by atoms with E-state index in [-0.39, 0.29) is 6.04 Å². The lowest BCUT2D eigenvalue weighted by Gasteiger charge is -2.35. The number of ether oxygens (including phenoxy) is 3. The first-order chi connectivity index (χ1) is 13.2. The van der Waals surface area contributed by atoms with E-state index in [1.54, 1.807) is 14.2 Å². The van der Waals surface area contributed by atoms with Gasteiger partial charge in [0.05, 0.1) is 33.5 Å². The van der Waals surface area contributed by atoms with Crippen LogP contribution >= 0.6 is 0 Å². The molecule has 2 aromatic carbocycles. The average molecular weight is 366 g/mol. The van der Waals surface area contributed by atoms with Gasteiger partial charge in [-0.1, -0.05) is 24.3 Å². The van der Waals surface area contributed by atoms with Crippen LogP contribution in [0.2, 0.25) is 0 Å². The lowest BCUT2D eigenvalue weighted by molar-refractivity contribution is 0.0240. The van der Waals surface area contributed by atoms with Crippen molar-refractivity contribution in [2.75, 3.05) is 40.5 Å². The molecule has 1 aliphatic heterocycles. The summed E-state index contributed by atoms with van der Waals surface area (Å²) in [6.07, 6.45) is 0. The van der Waals surface area contributed by atoms with E-state index in [0.29, 0.717) is 0 Å². The van der Waals surface area contributed by atoms with Crippen LogP contribution in [0.3, 0.4) is 0 Å². The van der Waals surface area contributed by atoms with Crippen LogP contribution in [-0.4, -0.2) is 50.4 Å². The standard InChI is InChI=1S/C22H26N2O3/c1-15-21(17-6-4-5-7-18(17)23-15)22(24-10-12-27-13-11-24)16-8-9-19(25-2)20(14-16)26-3/h4-9,14,22-23H,10-13H2,1-3H3. The molecule has 142 valence electrons. The molecule has 5 heteroatoms. The molecule has 5 nitrogen and oxygen atoms in total. The van der Waals surface area contributed by atoms with Gasteiger partial charge >= 0.3 is 0 Å². The van der Waals surface area contributed by atoms with E-state index < -0.39 is 0 Å². The molecule has 0 saturated carbocycles. The highest BCUT2D eigenvalue weighted by molar-refractivity contribution is 5.85. The number of hydrogen-bond acceptors (Lipinski definition) is 4. The third kappa shape index (κ3) is 3.29. The Balaban J connectivity index is 1.88. The second-order valence-electron chi connectivity index (χ2n) is 6.87. The molecule has 1 unspecified atom stereocenters. The van der Waals surface area contributed by atoms with Crippen molar-refractivity contribution in [2.24, 2.45) is 0 Å². The maximum atomic E-state index is 5.61. The second kappa shape index (κ2) is 7.62. The number of aryl methyl sites for hydroxylation is 1. The number of H-pyrrole nitrogens is 1. The minimum absolute atomic E-state index is 0.129. The van der Waals surface area contributed by atoms with E-state index in [1.807, 2.05) is 6.07 Å². The van der Waals surface area contributed by atoms with E-state index in [0.717, 1.165) is 37.8 Å². The fraction of sp³-hybridized carbons (Fsp3) is 0.364. The summed E-state index contributed by atoms with van der Waals surface area (Å²) in [5.41, 5.74) is 4.88. The molecule has 0 aliphatic carbocycles. The number of nitrogens with one attached hydrogen (secondary N) is 1. The number of fused-ring (bicyclic) bond motifs is 1. The van der Waals surface area contributed by atoms with Gasteiger partial charge in [-0.05, 0) is 30.7 Å². The smallest absolute Gasteiger partial charge is 0.161 e. The van der Waals surface area contributed by atoms with Gasteiger partial charge in [0.2, 0.25) is 0 Å². The third-order valence-corrected chi connectivity index (χ3v) is 5.35. The van der Waals surface area contributed by atoms with Crippen LogP contribution in [0.4, 0.5) is 0 Å². The monoisotopic (exact) mass is 366 g/mol. The molecule has 1 aromatic heterocycles. The summed E-state index contributed by atoms with van der Waals surface area (Å²) in [6, 6.07) is 14.9. The Morgan fingerprint density at radius 3 is 2.48 bits per heavy atom. The predicted molar refractivity (Wildman–Crippen MR) is 107 cm³/mol. The maximum Gasteiger partial charge on any atom is 0.161 e. The minimum Gasteiger partial charge on any atom is -0.493 e. The second-order valence-corrected chi connectivity index (χ2v) is 6.87. The van der Waals surface area contributed by atoms with Crippen LogP contribution in [0.15, 0.2) is 42.5 Å². The van der Waals surface area contributed by atoms with Crippen molar-refractivity contribution in [3.8, 4) is 11.5 Å². The molecule has 1 aliphatic rings. The van der Waals surface area contributed by atoms with Gasteiger partial charge < -0.3 is 19.2 Å². The van der Waals surface area contributed by atoms with Crippen LogP contribution in [0.5, 0.6) is 11.5 Å². The number of morpholine rings is 1. The van der Waals surface area contributed by atoms with Gasteiger partial charge in [-0.2, -0.15) is 0 Å². The topological polar surface area (TPSA) is 46.7 Å². The Kier molecular flexibility index (Phi) is 5.05. The number of aromatic amines is 1. The van der Waals surface area contributed by atoms with Crippen LogP contribution in [0.25, 0.3) is 10.9 Å². The van der Waals surface area contributed by atoms with E-state index in [2.05, 4.69) is 53.2 Å². The van der Waals surface area contributed by atoms with Crippen molar-refractivity contribution in [2.45, 2.75) is 13.0 Å². The molecular weight excluding hydrogens is 340 g/mol. The highest BCUT2D eigenvalue weighted by atomic mass is 16.5. The van der Waals surface area contributed by atoms with Crippen molar-refractivity contribution in [3.63, 3.8) is 0 Å². The van der Waals surface area contributed by atoms with E-state index in [4.69, 9.17) is 14.2 Å². The van der Waals surface area contributed by atoms with Crippen LogP contribution in [0, 0.1) is 6.92 Å². The number of para-hydroxylation sites is 1. The number of rotatable bonds is 5. The Labute approximate surface area is 159 Å². The number of methoxy groups -OCH3 is 2. The van der Waals surface area contributed by atoms with E-state index in [1.165, 1.54) is 27.7 Å². The fourth-order valence-electron chi connectivity index (χ4n) is 4.07. The number of aromatic nitrogens is 1. The molecule has 1 N–H and O–H groups in total. The summed E-state index contributed by atoms with van der Waals surface area (Å²) < 4.78 is 16.6. The maximum absolute atomic E-state index is 5.61. The van der Waals surface area contributed by atoms with Gasteiger partial charge in [0.1, 0.15) is 0 Å². The molecule has 1 atom stereocenters. The summed E-state index contributed by atoms with van der Waals surface area (Å²) in [7, 11) is 3.35. The lowest BCUT2D eigenvalue weighted by Crippen LogP contribution is -2.39. The summed E-state index contributed by atoms with van der Waals surface area (Å²) in [6.45, 7) is 5.47. The first-order valence-electron chi connectivity index (χ1n) is 9.34. The van der Waals surface area contributed by atoms with Crippen LogP contribution < -0.4 is 9.47 Å². The van der Waals surface area contributed by atoms with Crippen molar-refractivity contribution >= 4 is 10.9 Å². The molecule has 1 saturated heterocycles. The predicted octanol–water partition coefficient (Wildman–Crippen LogP) is 3.92. The molecule has 27 heavy (non-hydrogen) atoms. The van der Waals surface area contributed by atoms with Gasteiger partial charge in [0, 0.05) is 35.2 Å². The van der Waals surface area contributed by atoms with Crippen molar-refractivity contribution < 1.29 is 14.2 Å². The number of benzene rings is 2. The lowest BCUT2D eigenvalue weighted by atomic mass is 9.94. The van der Waals surface area contributed by atoms with E-state index >= 15 is 0 Å². The van der Waals surface area contributed by atoms with Gasteiger partial charge in [-0.15, -0.1) is 0 Å². The molecule has 2 heterocycles. The zero-order valence-corrected chi connectivity index (χ0v) is 16.1. The zero-order chi connectivity index (χ0) is 18.8. The van der Waals surface area contributed by atoms with Crippen molar-refractivity contribution in [3.05, 3.63) is 59.3 Å². The molecule has 0 radical (unpaired) electrons. The normalized spacial score (nSPS) is 16.4. The van der Waals surface area contributed by atoms with Crippen LogP contribution in [0.1, 0.15) is 22.9 Å². The zero-order valence-electron chi connectivity index (χ0n) is 16.1. The van der Waals surface area contributed by atoms with E-state index in [9.17, 15) is 0 Å². The highest BCUT2D eigenvalue weighted by Crippen LogP contribution is 2.39. The number of nitrogens with zero attached hydrogens (tertiary/aromatic N) is 1. The van der Waals surface area contributed by atoms with Gasteiger partial charge in [-0.3, -0.25) is 4.90 Å². The third-order valence-electron chi connectivity index (χ3n) is 5.35. The summed E-state index contributed by atoms with van der Waals surface area (Å²) in [4.78, 5) is 6.05. The number of hydrogen-bond donors (Lipinski definition) is 1. The largest absolute Gasteiger partial charge is 0.493 e. The molecule has 0 spiro atoms. The van der Waals surface area contributed by atoms with Crippen molar-refractivity contribution in [1.29, 1.82) is 0 Å². The molecule has 1 fully saturated rings. The Morgan fingerprint density at radius 1 is 1.00 bits per heavy atom. The molecule has 0 bridgehead atoms. The SMILES string of the molecule is COc1ccc(C(c2c(C)[nH]c3ccccc23)N2CCOCC2)cc1OC. The molecule has 3 aromatic rings.